The minimum absolute atomic E-state index is 0.566. The lowest BCUT2D eigenvalue weighted by molar-refractivity contribution is -0.107. The van der Waals surface area contributed by atoms with E-state index < -0.39 is 0 Å². The van der Waals surface area contributed by atoms with Crippen molar-refractivity contribution < 1.29 is 9.53 Å². The van der Waals surface area contributed by atoms with E-state index in [1.807, 2.05) is 30.3 Å². The van der Waals surface area contributed by atoms with Crippen LogP contribution in [0.2, 0.25) is 0 Å². The maximum Gasteiger partial charge on any atom is 0.213 e. The zero-order valence-corrected chi connectivity index (χ0v) is 17.1. The summed E-state index contributed by atoms with van der Waals surface area (Å²) in [6.45, 7) is 0.803. The minimum Gasteiger partial charge on any atom is -0.496 e. The van der Waals surface area contributed by atoms with E-state index in [-0.39, 0.29) is 0 Å². The van der Waals surface area contributed by atoms with Crippen LogP contribution in [0.4, 0.5) is 5.69 Å². The number of carbonyl (C=O) groups excluding carboxylic acids is 1. The number of amides is 1. The van der Waals surface area contributed by atoms with Crippen molar-refractivity contribution in [1.29, 1.82) is 0 Å². The van der Waals surface area contributed by atoms with Gasteiger partial charge in [0.15, 0.2) is 0 Å². The van der Waals surface area contributed by atoms with Crippen LogP contribution >= 0.6 is 0 Å². The molecule has 1 saturated carbocycles. The summed E-state index contributed by atoms with van der Waals surface area (Å²) in [5.74, 6) is 0.914. The van der Waals surface area contributed by atoms with Crippen LogP contribution in [0.25, 0.3) is 11.1 Å². The van der Waals surface area contributed by atoms with Crippen molar-refractivity contribution in [1.82, 2.24) is 10.6 Å². The predicted molar refractivity (Wildman–Crippen MR) is 115 cm³/mol. The fourth-order valence-corrected chi connectivity index (χ4v) is 3.89. The van der Waals surface area contributed by atoms with Crippen LogP contribution in [-0.2, 0) is 11.3 Å². The van der Waals surface area contributed by atoms with Crippen LogP contribution in [0.15, 0.2) is 42.5 Å². The molecule has 5 nitrogen and oxygen atoms in total. The average Bonchev–Trinajstić information content (AvgIpc) is 2.77. The largest absolute Gasteiger partial charge is 0.496 e. The molecule has 2 aromatic carbocycles. The first kappa shape index (κ1) is 20.4. The molecule has 2 aromatic rings. The molecular formula is C23H31N3O2. The van der Waals surface area contributed by atoms with E-state index in [1.165, 1.54) is 31.2 Å². The Bertz CT molecular complexity index is 768. The van der Waals surface area contributed by atoms with Crippen molar-refractivity contribution in [2.24, 2.45) is 0 Å². The van der Waals surface area contributed by atoms with Gasteiger partial charge >= 0.3 is 0 Å². The highest BCUT2D eigenvalue weighted by atomic mass is 16.5. The van der Waals surface area contributed by atoms with Gasteiger partial charge in [0, 0.05) is 36.9 Å². The Morgan fingerprint density at radius 3 is 2.29 bits per heavy atom. The SMILES string of the molecule is CNC1CCC(NCc2cc(-c3ccc(N(C)C=O)cc3)ccc2OC)CC1. The summed E-state index contributed by atoms with van der Waals surface area (Å²) < 4.78 is 5.58. The lowest BCUT2D eigenvalue weighted by Gasteiger charge is -2.29. The summed E-state index contributed by atoms with van der Waals surface area (Å²) in [7, 11) is 5.53. The quantitative estimate of drug-likeness (QED) is 0.687. The second-order valence-electron chi connectivity index (χ2n) is 7.51. The molecule has 5 heteroatoms. The van der Waals surface area contributed by atoms with Gasteiger partial charge in [-0.2, -0.15) is 0 Å². The van der Waals surface area contributed by atoms with Gasteiger partial charge < -0.3 is 20.3 Å². The number of rotatable bonds is 8. The highest BCUT2D eigenvalue weighted by Crippen LogP contribution is 2.28. The van der Waals surface area contributed by atoms with Crippen LogP contribution < -0.4 is 20.3 Å². The molecule has 0 saturated heterocycles. The maximum atomic E-state index is 10.9. The molecule has 3 rings (SSSR count). The number of ether oxygens (including phenoxy) is 1. The zero-order chi connectivity index (χ0) is 19.9. The number of hydrogen-bond acceptors (Lipinski definition) is 4. The first-order valence-electron chi connectivity index (χ1n) is 10.0. The smallest absolute Gasteiger partial charge is 0.213 e. The summed E-state index contributed by atoms with van der Waals surface area (Å²) in [4.78, 5) is 12.5. The molecule has 1 amide bonds. The molecule has 0 unspecified atom stereocenters. The highest BCUT2D eigenvalue weighted by molar-refractivity contribution is 5.76. The van der Waals surface area contributed by atoms with E-state index in [0.717, 1.165) is 35.5 Å². The van der Waals surface area contributed by atoms with Crippen molar-refractivity contribution in [2.75, 3.05) is 26.1 Å². The van der Waals surface area contributed by atoms with Gasteiger partial charge in [0.25, 0.3) is 0 Å². The van der Waals surface area contributed by atoms with E-state index in [4.69, 9.17) is 4.74 Å². The summed E-state index contributed by atoms with van der Waals surface area (Å²) in [6.07, 6.45) is 5.69. The molecule has 0 spiro atoms. The van der Waals surface area contributed by atoms with Crippen LogP contribution in [0.1, 0.15) is 31.2 Å². The van der Waals surface area contributed by atoms with E-state index in [9.17, 15) is 4.79 Å². The molecule has 0 aliphatic heterocycles. The number of methoxy groups -OCH3 is 1. The number of carbonyl (C=O) groups is 1. The summed E-state index contributed by atoms with van der Waals surface area (Å²) in [6, 6.07) is 15.6. The number of hydrogen-bond donors (Lipinski definition) is 2. The molecule has 150 valence electrons. The molecule has 1 aliphatic carbocycles. The predicted octanol–water partition coefficient (Wildman–Crippen LogP) is 3.58. The molecule has 0 radical (unpaired) electrons. The maximum absolute atomic E-state index is 10.9. The van der Waals surface area contributed by atoms with Gasteiger partial charge in [-0.1, -0.05) is 18.2 Å². The van der Waals surface area contributed by atoms with Gasteiger partial charge in [0.2, 0.25) is 6.41 Å². The second kappa shape index (κ2) is 9.71. The van der Waals surface area contributed by atoms with Gasteiger partial charge in [-0.3, -0.25) is 4.79 Å². The Kier molecular flexibility index (Phi) is 7.06. The molecular weight excluding hydrogens is 350 g/mol. The molecule has 0 bridgehead atoms. The molecule has 1 fully saturated rings. The molecule has 1 aliphatic rings. The molecule has 0 atom stereocenters. The van der Waals surface area contributed by atoms with Gasteiger partial charge in [-0.25, -0.2) is 0 Å². The van der Waals surface area contributed by atoms with Crippen LogP contribution in [0.5, 0.6) is 5.75 Å². The normalized spacial score (nSPS) is 19.2. The van der Waals surface area contributed by atoms with Crippen molar-refractivity contribution in [2.45, 2.75) is 44.3 Å². The monoisotopic (exact) mass is 381 g/mol. The Hall–Kier alpha value is -2.37. The lowest BCUT2D eigenvalue weighted by atomic mass is 9.91. The van der Waals surface area contributed by atoms with Crippen molar-refractivity contribution in [3.63, 3.8) is 0 Å². The zero-order valence-electron chi connectivity index (χ0n) is 17.1. The second-order valence-corrected chi connectivity index (χ2v) is 7.51. The Labute approximate surface area is 168 Å². The molecule has 28 heavy (non-hydrogen) atoms. The first-order chi connectivity index (χ1) is 13.6. The number of anilines is 1. The molecule has 0 aromatic heterocycles. The molecule has 2 N–H and O–H groups in total. The third-order valence-corrected chi connectivity index (χ3v) is 5.76. The Morgan fingerprint density at radius 2 is 1.68 bits per heavy atom. The van der Waals surface area contributed by atoms with E-state index in [1.54, 1.807) is 19.1 Å². The van der Waals surface area contributed by atoms with Gasteiger partial charge in [0.1, 0.15) is 5.75 Å². The number of nitrogens with one attached hydrogen (secondary N) is 2. The van der Waals surface area contributed by atoms with Crippen LogP contribution in [0, 0.1) is 0 Å². The third-order valence-electron chi connectivity index (χ3n) is 5.76. The fourth-order valence-electron chi connectivity index (χ4n) is 3.89. The van der Waals surface area contributed by atoms with E-state index in [2.05, 4.69) is 29.8 Å². The third kappa shape index (κ3) is 4.91. The summed E-state index contributed by atoms with van der Waals surface area (Å²) in [5.41, 5.74) is 4.33. The van der Waals surface area contributed by atoms with Gasteiger partial charge in [-0.05, 0) is 68.1 Å². The molecule has 0 heterocycles. The topological polar surface area (TPSA) is 53.6 Å². The highest BCUT2D eigenvalue weighted by Gasteiger charge is 2.19. The fraction of sp³-hybridized carbons (Fsp3) is 0.435. The Morgan fingerprint density at radius 1 is 1.04 bits per heavy atom. The minimum atomic E-state index is 0.566. The standard InChI is InChI=1S/C23H31N3O2/c1-24-20-7-9-21(10-8-20)25-15-19-14-18(6-13-23(19)28-3)17-4-11-22(12-5-17)26(2)16-27/h4-6,11-14,16,20-21,24-25H,7-10,15H2,1-3H3. The van der Waals surface area contributed by atoms with Crippen molar-refractivity contribution >= 4 is 12.1 Å². The number of benzene rings is 2. The van der Waals surface area contributed by atoms with Gasteiger partial charge in [-0.15, -0.1) is 0 Å². The van der Waals surface area contributed by atoms with Crippen LogP contribution in [-0.4, -0.2) is 39.7 Å². The van der Waals surface area contributed by atoms with Crippen LogP contribution in [0.3, 0.4) is 0 Å². The average molecular weight is 382 g/mol. The van der Waals surface area contributed by atoms with Crippen molar-refractivity contribution in [3.8, 4) is 16.9 Å². The summed E-state index contributed by atoms with van der Waals surface area (Å²) in [5, 5.41) is 7.10. The first-order valence-corrected chi connectivity index (χ1v) is 10.0. The van der Waals surface area contributed by atoms with E-state index >= 15 is 0 Å². The van der Waals surface area contributed by atoms with Gasteiger partial charge in [0.05, 0.1) is 7.11 Å². The Balaban J connectivity index is 1.70. The van der Waals surface area contributed by atoms with Crippen molar-refractivity contribution in [3.05, 3.63) is 48.0 Å². The number of nitrogens with zero attached hydrogens (tertiary/aromatic N) is 1. The summed E-state index contributed by atoms with van der Waals surface area (Å²) >= 11 is 0. The van der Waals surface area contributed by atoms with E-state index in [0.29, 0.717) is 12.1 Å². The lowest BCUT2D eigenvalue weighted by Crippen LogP contribution is -2.38.